The summed E-state index contributed by atoms with van der Waals surface area (Å²) in [6.45, 7) is 1.15. The summed E-state index contributed by atoms with van der Waals surface area (Å²) in [5, 5.41) is 0. The molecule has 0 spiro atoms. The first kappa shape index (κ1) is 10.7. The molecule has 0 amide bonds. The number of anilines is 1. The van der Waals surface area contributed by atoms with Crippen LogP contribution in [0, 0.1) is 0 Å². The van der Waals surface area contributed by atoms with Gasteiger partial charge in [-0.15, -0.1) is 0 Å². The summed E-state index contributed by atoms with van der Waals surface area (Å²) < 4.78 is 33.6. The molecule has 2 nitrogen and oxygen atoms in total. The summed E-state index contributed by atoms with van der Waals surface area (Å²) >= 11 is 0. The molecule has 1 aromatic carbocycles. The van der Waals surface area contributed by atoms with Crippen molar-refractivity contribution in [3.63, 3.8) is 0 Å². The SMILES string of the molecule is [2H]C([2H])([2H])C([2H])(C)c1cc[n+](C)c(B2C(C)=Cc3ccccc3N2C)c1. The molecule has 112 valence electrons. The monoisotopic (exact) mass is 295 g/mol. The van der Waals surface area contributed by atoms with Gasteiger partial charge >= 0.3 is 6.85 Å². The smallest absolute Gasteiger partial charge is 0.399 e. The number of hydrogen-bond acceptors (Lipinski definition) is 1. The van der Waals surface area contributed by atoms with Crippen LogP contribution in [0.3, 0.4) is 0 Å². The second-order valence-corrected chi connectivity index (χ2v) is 6.04. The third-order valence-corrected chi connectivity index (χ3v) is 4.42. The van der Waals surface area contributed by atoms with Crippen molar-refractivity contribution < 1.29 is 10.1 Å². The van der Waals surface area contributed by atoms with Crippen LogP contribution in [0.4, 0.5) is 5.69 Å². The summed E-state index contributed by atoms with van der Waals surface area (Å²) in [6, 6.07) is 11.8. The third kappa shape index (κ3) is 2.45. The van der Waals surface area contributed by atoms with Crippen LogP contribution in [0.25, 0.3) is 6.08 Å². The number of pyridine rings is 1. The highest BCUT2D eigenvalue weighted by atomic mass is 15.1. The molecule has 2 aromatic rings. The second kappa shape index (κ2) is 5.64. The van der Waals surface area contributed by atoms with E-state index in [-0.39, 0.29) is 6.85 Å². The fraction of sp³-hybridized carbons (Fsp3) is 0.316. The lowest BCUT2D eigenvalue weighted by Gasteiger charge is -2.31. The number of hydrogen-bond donors (Lipinski definition) is 0. The summed E-state index contributed by atoms with van der Waals surface area (Å²) in [5.41, 5.74) is 4.97. The number of rotatable bonds is 2. The minimum Gasteiger partial charge on any atom is -0.404 e. The second-order valence-electron chi connectivity index (χ2n) is 6.04. The van der Waals surface area contributed by atoms with Crippen molar-refractivity contribution in [1.29, 1.82) is 0 Å². The lowest BCUT2D eigenvalue weighted by atomic mass is 9.49. The van der Waals surface area contributed by atoms with Gasteiger partial charge in [-0.2, -0.15) is 0 Å². The normalized spacial score (nSPS) is 20.1. The molecule has 0 N–H and O–H groups in total. The summed E-state index contributed by atoms with van der Waals surface area (Å²) in [7, 11) is 4.01. The van der Waals surface area contributed by atoms with E-state index in [9.17, 15) is 0 Å². The predicted octanol–water partition coefficient (Wildman–Crippen LogP) is 2.93. The van der Waals surface area contributed by atoms with E-state index in [2.05, 4.69) is 37.0 Å². The lowest BCUT2D eigenvalue weighted by Crippen LogP contribution is -2.62. The van der Waals surface area contributed by atoms with E-state index in [4.69, 9.17) is 5.48 Å². The van der Waals surface area contributed by atoms with Crippen molar-refractivity contribution in [1.82, 2.24) is 0 Å². The van der Waals surface area contributed by atoms with Crippen molar-refractivity contribution >= 4 is 24.2 Å². The van der Waals surface area contributed by atoms with Gasteiger partial charge in [-0.25, -0.2) is 4.57 Å². The molecule has 0 saturated carbocycles. The van der Waals surface area contributed by atoms with Crippen LogP contribution in [0.5, 0.6) is 0 Å². The summed E-state index contributed by atoms with van der Waals surface area (Å²) in [5.74, 6) is -1.65. The Kier molecular flexibility index (Phi) is 2.73. The number of aryl methyl sites for hydroxylation is 1. The number of benzene rings is 1. The van der Waals surface area contributed by atoms with Crippen molar-refractivity contribution in [3.05, 3.63) is 59.2 Å². The van der Waals surface area contributed by atoms with Gasteiger partial charge in [0.2, 0.25) is 0 Å². The average Bonchev–Trinajstić information content (AvgIpc) is 2.55. The zero-order valence-electron chi connectivity index (χ0n) is 17.6. The first-order valence-corrected chi connectivity index (χ1v) is 7.54. The highest BCUT2D eigenvalue weighted by Gasteiger charge is 2.36. The molecule has 1 unspecified atom stereocenters. The number of aromatic nitrogens is 1. The molecule has 0 saturated heterocycles. The Labute approximate surface area is 139 Å². The minimum absolute atomic E-state index is 0.0118. The highest BCUT2D eigenvalue weighted by Crippen LogP contribution is 2.29. The summed E-state index contributed by atoms with van der Waals surface area (Å²) in [4.78, 5) is 2.21. The van der Waals surface area contributed by atoms with Gasteiger partial charge in [0, 0.05) is 23.3 Å². The molecule has 0 aliphatic carbocycles. The van der Waals surface area contributed by atoms with Crippen LogP contribution < -0.4 is 15.0 Å². The van der Waals surface area contributed by atoms with Gasteiger partial charge in [0.1, 0.15) is 7.05 Å². The molecular weight excluding hydrogens is 267 g/mol. The fourth-order valence-electron chi connectivity index (χ4n) is 3.22. The molecule has 1 aromatic heterocycles. The predicted molar refractivity (Wildman–Crippen MR) is 95.6 cm³/mol. The van der Waals surface area contributed by atoms with E-state index >= 15 is 0 Å². The maximum Gasteiger partial charge on any atom is 0.399 e. The molecule has 2 heterocycles. The molecule has 1 aliphatic heterocycles. The van der Waals surface area contributed by atoms with Crippen molar-refractivity contribution in [3.8, 4) is 0 Å². The highest BCUT2D eigenvalue weighted by molar-refractivity contribution is 6.82. The largest absolute Gasteiger partial charge is 0.404 e. The van der Waals surface area contributed by atoms with Gasteiger partial charge in [-0.1, -0.05) is 43.5 Å². The Bertz CT molecular complexity index is 874. The molecule has 3 heteroatoms. The summed E-state index contributed by atoms with van der Waals surface area (Å²) in [6.07, 6.45) is 4.03. The molecule has 3 rings (SSSR count). The van der Waals surface area contributed by atoms with Gasteiger partial charge in [0.15, 0.2) is 11.8 Å². The minimum atomic E-state index is -2.39. The van der Waals surface area contributed by atoms with Crippen LogP contribution in [-0.4, -0.2) is 13.9 Å². The van der Waals surface area contributed by atoms with E-state index in [1.54, 1.807) is 6.07 Å². The maximum absolute atomic E-state index is 8.42. The quantitative estimate of drug-likeness (QED) is 0.610. The Balaban J connectivity index is 2.12. The first-order chi connectivity index (χ1) is 12.0. The van der Waals surface area contributed by atoms with Crippen LogP contribution in [-0.2, 0) is 7.05 Å². The van der Waals surface area contributed by atoms with Crippen molar-refractivity contribution in [2.75, 3.05) is 11.9 Å². The van der Waals surface area contributed by atoms with Crippen molar-refractivity contribution in [2.24, 2.45) is 7.05 Å². The standard InChI is InChI=1S/C19H24BN2/c1-14(2)16-10-11-21(4)19(13-16)20-15(3)12-17-8-6-7-9-18(17)22(20)5/h6-14H,1-5H3/q+1/i1D3,14D. The Morgan fingerprint density at radius 1 is 1.32 bits per heavy atom. The molecule has 0 radical (unpaired) electrons. The van der Waals surface area contributed by atoms with E-state index in [1.165, 1.54) is 18.0 Å². The Hall–Kier alpha value is -2.03. The zero-order chi connectivity index (χ0) is 19.3. The zero-order valence-corrected chi connectivity index (χ0v) is 13.6. The van der Waals surface area contributed by atoms with E-state index in [0.717, 1.165) is 11.3 Å². The van der Waals surface area contributed by atoms with E-state index in [0.29, 0.717) is 5.56 Å². The van der Waals surface area contributed by atoms with Gasteiger partial charge in [-0.3, -0.25) is 0 Å². The number of para-hydroxylation sites is 1. The third-order valence-electron chi connectivity index (χ3n) is 4.42. The molecule has 0 fully saturated rings. The van der Waals surface area contributed by atoms with Crippen LogP contribution in [0.2, 0.25) is 0 Å². The number of fused-ring (bicyclic) bond motifs is 1. The van der Waals surface area contributed by atoms with E-state index in [1.807, 2.05) is 36.0 Å². The Morgan fingerprint density at radius 3 is 2.86 bits per heavy atom. The van der Waals surface area contributed by atoms with Crippen LogP contribution in [0.15, 0.2) is 48.1 Å². The van der Waals surface area contributed by atoms with Crippen molar-refractivity contribution in [2.45, 2.75) is 26.6 Å². The van der Waals surface area contributed by atoms with Crippen LogP contribution >= 0.6 is 0 Å². The van der Waals surface area contributed by atoms with Gasteiger partial charge in [-0.05, 0) is 37.1 Å². The molecule has 1 atom stereocenters. The maximum atomic E-state index is 8.42. The van der Waals surface area contributed by atoms with Gasteiger partial charge < -0.3 is 4.81 Å². The molecule has 1 aliphatic rings. The molecule has 22 heavy (non-hydrogen) atoms. The van der Waals surface area contributed by atoms with Crippen LogP contribution in [0.1, 0.15) is 43.2 Å². The number of allylic oxidation sites excluding steroid dienone is 1. The van der Waals surface area contributed by atoms with Gasteiger partial charge in [0.25, 0.3) is 0 Å². The topological polar surface area (TPSA) is 7.12 Å². The number of nitrogens with zero attached hydrogens (tertiary/aromatic N) is 2. The molecular formula is C19H24BN2+. The molecule has 0 bridgehead atoms. The fourth-order valence-corrected chi connectivity index (χ4v) is 3.22. The Morgan fingerprint density at radius 2 is 2.09 bits per heavy atom. The van der Waals surface area contributed by atoms with Gasteiger partial charge in [0.05, 0.1) is 0 Å². The van der Waals surface area contributed by atoms with E-state index < -0.39 is 12.7 Å². The lowest BCUT2D eigenvalue weighted by molar-refractivity contribution is -0.654. The average molecular weight is 295 g/mol. The first-order valence-electron chi connectivity index (χ1n) is 9.54.